The van der Waals surface area contributed by atoms with Crippen LogP contribution in [0.5, 0.6) is 0 Å². The van der Waals surface area contributed by atoms with Crippen LogP contribution in [0.15, 0.2) is 0 Å². The van der Waals surface area contributed by atoms with Gasteiger partial charge in [-0.3, -0.25) is 14.4 Å². The molecule has 0 radical (unpaired) electrons. The SMILES string of the molecule is CCC(CC)(NC(=O)[C@H](CC(C)C)NC(=O)C1CCCN1)C(N)=O. The second-order valence-corrected chi connectivity index (χ2v) is 6.98. The van der Waals surface area contributed by atoms with Gasteiger partial charge in [-0.2, -0.15) is 0 Å². The largest absolute Gasteiger partial charge is 0.368 e. The molecule has 1 unspecified atom stereocenters. The highest BCUT2D eigenvalue weighted by molar-refractivity contribution is 5.94. The van der Waals surface area contributed by atoms with Crippen molar-refractivity contribution in [2.45, 2.75) is 77.4 Å². The summed E-state index contributed by atoms with van der Waals surface area (Å²) in [5.41, 5.74) is 4.43. The minimum absolute atomic E-state index is 0.161. The third-order valence-electron chi connectivity index (χ3n) is 4.76. The maximum absolute atomic E-state index is 12.7. The molecule has 1 fully saturated rings. The lowest BCUT2D eigenvalue weighted by molar-refractivity contribution is -0.135. The molecular formula is C17H32N4O3. The lowest BCUT2D eigenvalue weighted by atomic mass is 9.91. The Hall–Kier alpha value is -1.63. The number of carbonyl (C=O) groups excluding carboxylic acids is 3. The molecule has 1 aliphatic rings. The molecular weight excluding hydrogens is 308 g/mol. The number of hydrogen-bond donors (Lipinski definition) is 4. The fraction of sp³-hybridized carbons (Fsp3) is 0.824. The van der Waals surface area contributed by atoms with Gasteiger partial charge < -0.3 is 21.7 Å². The van der Waals surface area contributed by atoms with Gasteiger partial charge in [-0.1, -0.05) is 27.7 Å². The molecule has 1 aliphatic heterocycles. The van der Waals surface area contributed by atoms with E-state index in [1.54, 1.807) is 0 Å². The smallest absolute Gasteiger partial charge is 0.243 e. The average Bonchev–Trinajstić information content (AvgIpc) is 3.05. The van der Waals surface area contributed by atoms with E-state index in [4.69, 9.17) is 5.73 Å². The highest BCUT2D eigenvalue weighted by Crippen LogP contribution is 2.16. The zero-order chi connectivity index (χ0) is 18.3. The number of nitrogens with two attached hydrogens (primary N) is 1. The van der Waals surface area contributed by atoms with Crippen LogP contribution >= 0.6 is 0 Å². The number of primary amides is 1. The molecule has 1 rings (SSSR count). The minimum Gasteiger partial charge on any atom is -0.368 e. The van der Waals surface area contributed by atoms with Crippen molar-refractivity contribution in [3.63, 3.8) is 0 Å². The van der Waals surface area contributed by atoms with Crippen molar-refractivity contribution in [1.29, 1.82) is 0 Å². The van der Waals surface area contributed by atoms with Crippen molar-refractivity contribution in [3.05, 3.63) is 0 Å². The summed E-state index contributed by atoms with van der Waals surface area (Å²) in [4.78, 5) is 36.9. The molecule has 5 N–H and O–H groups in total. The van der Waals surface area contributed by atoms with Gasteiger partial charge in [-0.15, -0.1) is 0 Å². The van der Waals surface area contributed by atoms with Crippen molar-refractivity contribution in [1.82, 2.24) is 16.0 Å². The normalized spacial score (nSPS) is 19.1. The molecule has 0 aromatic rings. The van der Waals surface area contributed by atoms with Crippen molar-refractivity contribution < 1.29 is 14.4 Å². The summed E-state index contributed by atoms with van der Waals surface area (Å²) in [6, 6.07) is -0.914. The molecule has 1 heterocycles. The molecule has 3 amide bonds. The van der Waals surface area contributed by atoms with Gasteiger partial charge in [0.15, 0.2) is 0 Å². The minimum atomic E-state index is -1.07. The third kappa shape index (κ3) is 5.19. The fourth-order valence-corrected chi connectivity index (χ4v) is 3.04. The van der Waals surface area contributed by atoms with Crippen molar-refractivity contribution in [3.8, 4) is 0 Å². The van der Waals surface area contributed by atoms with Gasteiger partial charge in [-0.05, 0) is 44.6 Å². The van der Waals surface area contributed by atoms with Gasteiger partial charge in [-0.25, -0.2) is 0 Å². The summed E-state index contributed by atoms with van der Waals surface area (Å²) >= 11 is 0. The number of nitrogens with one attached hydrogen (secondary N) is 3. The second-order valence-electron chi connectivity index (χ2n) is 6.98. The molecule has 0 aromatic carbocycles. The lowest BCUT2D eigenvalue weighted by Gasteiger charge is -2.32. The van der Waals surface area contributed by atoms with Crippen LogP contribution in [-0.2, 0) is 14.4 Å². The van der Waals surface area contributed by atoms with E-state index >= 15 is 0 Å². The summed E-state index contributed by atoms with van der Waals surface area (Å²) in [5.74, 6) is -0.833. The van der Waals surface area contributed by atoms with E-state index in [9.17, 15) is 14.4 Å². The predicted octanol–water partition coefficient (Wildman–Crippen LogP) is 0.430. The summed E-state index contributed by atoms with van der Waals surface area (Å²) in [5, 5.41) is 8.74. The highest BCUT2D eigenvalue weighted by atomic mass is 16.2. The molecule has 0 bridgehead atoms. The molecule has 0 aromatic heterocycles. The maximum atomic E-state index is 12.7. The van der Waals surface area contributed by atoms with Crippen LogP contribution in [0.25, 0.3) is 0 Å². The van der Waals surface area contributed by atoms with Gasteiger partial charge in [0.2, 0.25) is 17.7 Å². The molecule has 0 aliphatic carbocycles. The Morgan fingerprint density at radius 2 is 1.88 bits per heavy atom. The Bertz CT molecular complexity index is 455. The summed E-state index contributed by atoms with van der Waals surface area (Å²) in [6.45, 7) is 8.41. The van der Waals surface area contributed by atoms with Gasteiger partial charge in [0.25, 0.3) is 0 Å². The topological polar surface area (TPSA) is 113 Å². The molecule has 7 heteroatoms. The Morgan fingerprint density at radius 3 is 2.29 bits per heavy atom. The van der Waals surface area contributed by atoms with Crippen LogP contribution in [-0.4, -0.2) is 41.9 Å². The molecule has 0 saturated carbocycles. The van der Waals surface area contributed by atoms with Gasteiger partial charge in [0.05, 0.1) is 6.04 Å². The maximum Gasteiger partial charge on any atom is 0.243 e. The van der Waals surface area contributed by atoms with Gasteiger partial charge in [0.1, 0.15) is 11.6 Å². The van der Waals surface area contributed by atoms with Crippen molar-refractivity contribution in [2.75, 3.05) is 6.54 Å². The van der Waals surface area contributed by atoms with Crippen LogP contribution in [0.4, 0.5) is 0 Å². The number of hydrogen-bond acceptors (Lipinski definition) is 4. The zero-order valence-corrected chi connectivity index (χ0v) is 15.3. The standard InChI is InChI=1S/C17H32N4O3/c1-5-17(6-2,16(18)24)21-15(23)13(10-11(3)4)20-14(22)12-8-7-9-19-12/h11-13,19H,5-10H2,1-4H3,(H2,18,24)(H,20,22)(H,21,23)/t12?,13-/m0/s1. The van der Waals surface area contributed by atoms with E-state index < -0.39 is 17.5 Å². The molecule has 138 valence electrons. The molecule has 24 heavy (non-hydrogen) atoms. The Kier molecular flexibility index (Phi) is 7.66. The Morgan fingerprint density at radius 1 is 1.25 bits per heavy atom. The third-order valence-corrected chi connectivity index (χ3v) is 4.76. The van der Waals surface area contributed by atoms with Gasteiger partial charge in [0, 0.05) is 0 Å². The van der Waals surface area contributed by atoms with E-state index in [1.807, 2.05) is 27.7 Å². The van der Waals surface area contributed by atoms with Crippen LogP contribution in [0.2, 0.25) is 0 Å². The van der Waals surface area contributed by atoms with Crippen molar-refractivity contribution in [2.24, 2.45) is 11.7 Å². The number of rotatable bonds is 9. The Labute approximate surface area is 144 Å². The van der Waals surface area contributed by atoms with Crippen LogP contribution in [0, 0.1) is 5.92 Å². The Balaban J connectivity index is 2.83. The first-order chi connectivity index (χ1) is 11.3. The zero-order valence-electron chi connectivity index (χ0n) is 15.3. The van der Waals surface area contributed by atoms with Crippen LogP contribution < -0.4 is 21.7 Å². The first-order valence-corrected chi connectivity index (χ1v) is 8.91. The average molecular weight is 340 g/mol. The van der Waals surface area contributed by atoms with Gasteiger partial charge >= 0.3 is 0 Å². The van der Waals surface area contributed by atoms with E-state index in [2.05, 4.69) is 16.0 Å². The van der Waals surface area contributed by atoms with E-state index in [1.165, 1.54) is 0 Å². The first-order valence-electron chi connectivity index (χ1n) is 8.91. The molecule has 0 spiro atoms. The fourth-order valence-electron chi connectivity index (χ4n) is 3.04. The summed E-state index contributed by atoms with van der Waals surface area (Å²) in [6.07, 6.45) is 3.06. The molecule has 2 atom stereocenters. The molecule has 7 nitrogen and oxygen atoms in total. The molecule has 1 saturated heterocycles. The highest BCUT2D eigenvalue weighted by Gasteiger charge is 2.37. The summed E-state index contributed by atoms with van der Waals surface area (Å²) < 4.78 is 0. The summed E-state index contributed by atoms with van der Waals surface area (Å²) in [7, 11) is 0. The van der Waals surface area contributed by atoms with Crippen LogP contribution in [0.1, 0.15) is 59.8 Å². The first kappa shape index (κ1) is 20.4. The second kappa shape index (κ2) is 9.01. The van der Waals surface area contributed by atoms with Crippen molar-refractivity contribution >= 4 is 17.7 Å². The number of amides is 3. The quantitative estimate of drug-likeness (QED) is 0.487. The van der Waals surface area contributed by atoms with E-state index in [-0.39, 0.29) is 23.8 Å². The number of carbonyl (C=O) groups is 3. The van der Waals surface area contributed by atoms with Crippen LogP contribution in [0.3, 0.4) is 0 Å². The lowest BCUT2D eigenvalue weighted by Crippen LogP contribution is -2.61. The van der Waals surface area contributed by atoms with E-state index in [0.29, 0.717) is 19.3 Å². The predicted molar refractivity (Wildman–Crippen MR) is 93.1 cm³/mol. The van der Waals surface area contributed by atoms with E-state index in [0.717, 1.165) is 19.4 Å². The monoisotopic (exact) mass is 340 g/mol.